The van der Waals surface area contributed by atoms with Crippen molar-refractivity contribution in [1.29, 1.82) is 0 Å². The van der Waals surface area contributed by atoms with Gasteiger partial charge in [0, 0.05) is 78.5 Å². The van der Waals surface area contributed by atoms with E-state index in [1.165, 1.54) is 80.8 Å². The number of carbonyl (C=O) groups is 3. The fourth-order valence-corrected chi connectivity index (χ4v) is 11.6. The van der Waals surface area contributed by atoms with Crippen LogP contribution in [0.1, 0.15) is 90.4 Å². The molecule has 1 saturated carbocycles. The van der Waals surface area contributed by atoms with Crippen LogP contribution in [0.4, 0.5) is 26.3 Å². The van der Waals surface area contributed by atoms with Crippen LogP contribution >= 0.6 is 0 Å². The van der Waals surface area contributed by atoms with E-state index in [4.69, 9.17) is 19.0 Å². The van der Waals surface area contributed by atoms with Gasteiger partial charge in [0.1, 0.15) is 51.3 Å². The van der Waals surface area contributed by atoms with E-state index < -0.39 is 93.5 Å². The normalized spacial score (nSPS) is 12.8. The van der Waals surface area contributed by atoms with Crippen LogP contribution in [0, 0.1) is 34.9 Å². The summed E-state index contributed by atoms with van der Waals surface area (Å²) in [6.07, 6.45) is 15.5. The number of benzene rings is 3. The molecule has 0 bridgehead atoms. The van der Waals surface area contributed by atoms with Gasteiger partial charge in [-0.3, -0.25) is 28.8 Å². The van der Waals surface area contributed by atoms with E-state index in [2.05, 4.69) is 76.4 Å². The number of nitrogens with two attached hydrogens (primary N) is 1. The lowest BCUT2D eigenvalue weighted by atomic mass is 10.2. The molecule has 0 spiro atoms. The van der Waals surface area contributed by atoms with Crippen LogP contribution in [0.5, 0.6) is 0 Å². The number of aliphatic hydroxyl groups excluding tert-OH is 1. The highest BCUT2D eigenvalue weighted by Gasteiger charge is 2.51. The number of pyridine rings is 6. The maximum atomic E-state index is 13.6. The molecule has 0 radical (unpaired) electrons. The van der Waals surface area contributed by atoms with Crippen molar-refractivity contribution in [3.63, 3.8) is 0 Å². The lowest BCUT2D eigenvalue weighted by Crippen LogP contribution is -2.39. The molecule has 3 amide bonds. The predicted octanol–water partition coefficient (Wildman–Crippen LogP) is 8.62. The fourth-order valence-electron chi connectivity index (χ4n) is 11.6. The average Bonchev–Trinajstić information content (AvgIpc) is 1.59. The zero-order valence-corrected chi connectivity index (χ0v) is 55.8. The van der Waals surface area contributed by atoms with Gasteiger partial charge in [0.25, 0.3) is 34.4 Å². The van der Waals surface area contributed by atoms with Crippen molar-refractivity contribution in [3.05, 3.63) is 300 Å². The Morgan fingerprint density at radius 1 is 0.472 bits per heavy atom. The van der Waals surface area contributed by atoms with E-state index in [1.54, 1.807) is 61.4 Å². The molecule has 1 aliphatic carbocycles. The van der Waals surface area contributed by atoms with Crippen LogP contribution in [0.3, 0.4) is 0 Å². The van der Waals surface area contributed by atoms with Gasteiger partial charge in [0.05, 0.1) is 42.9 Å². The summed E-state index contributed by atoms with van der Waals surface area (Å²) in [7, 11) is 0. The first-order chi connectivity index (χ1) is 52.3. The average molecular weight is 1470 g/mol. The number of nitrogens with zero attached hydrogens (tertiary/aromatic N) is 12. The third-order valence-electron chi connectivity index (χ3n) is 17.3. The zero-order valence-electron chi connectivity index (χ0n) is 55.8. The molecule has 29 nitrogen and oxygen atoms in total. The molecule has 16 rings (SSSR count). The van der Waals surface area contributed by atoms with Crippen molar-refractivity contribution >= 4 is 50.8 Å². The number of hydrogen-bond donors (Lipinski definition) is 8. The molecule has 35 heteroatoms. The Balaban J connectivity index is 0.000000136. The Kier molecular flexibility index (Phi) is 19.9. The van der Waals surface area contributed by atoms with Gasteiger partial charge >= 0.3 is 0 Å². The number of aliphatic hydroxyl groups is 1. The first kappa shape index (κ1) is 70.9. The number of hydrogen-bond acceptors (Lipinski definition) is 20. The molecule has 1 aliphatic rings. The first-order valence-electron chi connectivity index (χ1n) is 32.8. The molecule has 9 N–H and O–H groups in total. The maximum Gasteiger partial charge on any atom is 0.263 e. The van der Waals surface area contributed by atoms with Crippen LogP contribution < -0.4 is 38.4 Å². The SMILES string of the molecule is NC[C@@H](NC(=O)c1cccn(Cc2ccc(F)c(F)c2)c1=O)c1nnc(-c2c[nH]c3ncccc23)o1.O=C(NC1(c2nnc(-c3c[nH]c4ncccc34)o2)CC1)c1cccn(Cc2ccc(F)c(F)c2)c1=O.O=C(N[C@H](CO)c1nnc(-c2c[nH]c3ncccc23)o1)c1cccn(Cc2ccc(F)c(F)c2)c1=O. The van der Waals surface area contributed by atoms with Crippen molar-refractivity contribution in [2.75, 3.05) is 13.2 Å². The smallest absolute Gasteiger partial charge is 0.263 e. The minimum Gasteiger partial charge on any atom is -0.418 e. The van der Waals surface area contributed by atoms with Gasteiger partial charge < -0.3 is 68.7 Å². The van der Waals surface area contributed by atoms with E-state index in [-0.39, 0.29) is 72.3 Å². The molecule has 12 aromatic heterocycles. The van der Waals surface area contributed by atoms with Gasteiger partial charge in [0.2, 0.25) is 35.3 Å². The largest absolute Gasteiger partial charge is 0.418 e. The van der Waals surface area contributed by atoms with Gasteiger partial charge in [-0.1, -0.05) is 18.2 Å². The second-order valence-corrected chi connectivity index (χ2v) is 24.4. The first-order valence-corrected chi connectivity index (χ1v) is 32.8. The van der Waals surface area contributed by atoms with Gasteiger partial charge in [0.15, 0.2) is 34.9 Å². The second-order valence-electron chi connectivity index (χ2n) is 24.4. The third kappa shape index (κ3) is 14.9. The molecule has 544 valence electrons. The summed E-state index contributed by atoms with van der Waals surface area (Å²) >= 11 is 0. The quantitative estimate of drug-likeness (QED) is 0.0331. The van der Waals surface area contributed by atoms with Crippen LogP contribution in [-0.4, -0.2) is 110 Å². The van der Waals surface area contributed by atoms with Crippen molar-refractivity contribution < 1.29 is 59.1 Å². The van der Waals surface area contributed by atoms with Crippen molar-refractivity contribution in [2.24, 2.45) is 5.73 Å². The summed E-state index contributed by atoms with van der Waals surface area (Å²) in [5.41, 5.74) is 7.65. The molecule has 1 fully saturated rings. The zero-order chi connectivity index (χ0) is 75.3. The number of aromatic nitrogens is 15. The lowest BCUT2D eigenvalue weighted by Gasteiger charge is -2.14. The molecule has 0 aliphatic heterocycles. The minimum absolute atomic E-state index is 0.0191. The maximum absolute atomic E-state index is 13.6. The molecule has 0 saturated heterocycles. The second kappa shape index (κ2) is 30.3. The monoisotopic (exact) mass is 1470 g/mol. The summed E-state index contributed by atoms with van der Waals surface area (Å²) in [6, 6.07) is 27.6. The number of aromatic amines is 3. The van der Waals surface area contributed by atoms with Gasteiger partial charge in [-0.05, 0) is 139 Å². The molecule has 12 heterocycles. The Bertz CT molecular complexity index is 5860. The minimum atomic E-state index is -1.08. The number of halogens is 6. The summed E-state index contributed by atoms with van der Waals surface area (Å²) in [5, 5.41) is 44.5. The van der Waals surface area contributed by atoms with E-state index in [1.807, 2.05) is 18.2 Å². The van der Waals surface area contributed by atoms with E-state index >= 15 is 0 Å². The molecule has 2 atom stereocenters. The highest BCUT2D eigenvalue weighted by molar-refractivity contribution is 5.96. The highest BCUT2D eigenvalue weighted by atomic mass is 19.2. The highest BCUT2D eigenvalue weighted by Crippen LogP contribution is 2.46. The molecule has 108 heavy (non-hydrogen) atoms. The summed E-state index contributed by atoms with van der Waals surface area (Å²) in [5.74, 6) is -7.18. The molecule has 15 aromatic rings. The van der Waals surface area contributed by atoms with Crippen molar-refractivity contribution in [3.8, 4) is 34.4 Å². The van der Waals surface area contributed by atoms with Crippen LogP contribution in [-0.2, 0) is 25.2 Å². The van der Waals surface area contributed by atoms with E-state index in [0.29, 0.717) is 69.1 Å². The van der Waals surface area contributed by atoms with E-state index in [0.717, 1.165) is 52.6 Å². The standard InChI is InChI=1S/C25H18F2N6O3.C24H19F2N7O3.C24H18F2N6O4/c26-18-6-5-14(11-19(18)27)13-33-10-2-4-16(23(33)35)21(34)30-25(7-8-25)24-32-31-22(36-24)17-12-29-20-15(17)3-1-9-28-20;25-17-6-5-13(9-18(17)26)12-33-8-2-4-15(24(33)35)21(34)30-19(10-27)23-32-31-22(36-23)16-11-29-20-14(16)3-1-7-28-20;25-17-6-5-13(9-18(17)26)11-32-8-2-4-15(24(32)35)21(34)29-19(12-33)23-31-30-22(36-23)16-10-28-20-14(16)3-1-7-27-20/h1-6,9-12H,7-8,13H2,(H,28,29)(H,30,34);1-9,11,19H,10,12,27H2,(H,28,29)(H,30,34);1-10,19,33H,11-12H2,(H,27,28)(H,29,34)/t;2*19-/m.11/s1. The Labute approximate surface area is 601 Å². The number of amides is 3. The molecule has 3 aromatic carbocycles. The number of H-pyrrole nitrogens is 3. The lowest BCUT2D eigenvalue weighted by molar-refractivity contribution is 0.0899. The van der Waals surface area contributed by atoms with Crippen molar-refractivity contribution in [1.82, 2.24) is 90.1 Å². The van der Waals surface area contributed by atoms with Crippen LogP contribution in [0.25, 0.3) is 67.5 Å². The van der Waals surface area contributed by atoms with E-state index in [9.17, 15) is 60.2 Å². The molecular formula is C73H55F6N19O10. The topological polar surface area (TPSA) is 402 Å². The molecule has 0 unspecified atom stereocenters. The molecular weight excluding hydrogens is 1420 g/mol. The predicted molar refractivity (Wildman–Crippen MR) is 372 cm³/mol. The Morgan fingerprint density at radius 3 is 1.22 bits per heavy atom. The van der Waals surface area contributed by atoms with Crippen molar-refractivity contribution in [2.45, 2.75) is 50.1 Å². The number of nitrogens with one attached hydrogen (secondary N) is 6. The fraction of sp³-hybridized carbons (Fsp3) is 0.137. The Hall–Kier alpha value is -14.1. The summed E-state index contributed by atoms with van der Waals surface area (Å²) in [6.45, 7) is -0.788. The summed E-state index contributed by atoms with van der Waals surface area (Å²) in [4.78, 5) is 99.3. The number of rotatable bonds is 20. The number of fused-ring (bicyclic) bond motifs is 3. The van der Waals surface area contributed by atoms with Gasteiger partial charge in [-0.2, -0.15) is 0 Å². The van der Waals surface area contributed by atoms with Crippen LogP contribution in [0.2, 0.25) is 0 Å². The Morgan fingerprint density at radius 2 is 0.843 bits per heavy atom. The summed E-state index contributed by atoms with van der Waals surface area (Å²) < 4.78 is 101. The number of carbonyl (C=O) groups excluding carboxylic acids is 3. The van der Waals surface area contributed by atoms with Gasteiger partial charge in [-0.15, -0.1) is 30.6 Å². The van der Waals surface area contributed by atoms with Crippen LogP contribution in [0.15, 0.2) is 211 Å². The van der Waals surface area contributed by atoms with Gasteiger partial charge in [-0.25, -0.2) is 41.3 Å². The third-order valence-corrected chi connectivity index (χ3v) is 17.3.